The molecule has 24 heavy (non-hydrogen) atoms. The van der Waals surface area contributed by atoms with Crippen LogP contribution in [0.1, 0.15) is 30.1 Å². The van der Waals surface area contributed by atoms with E-state index in [4.69, 9.17) is 0 Å². The number of benzene rings is 2. The van der Waals surface area contributed by atoms with Gasteiger partial charge in [-0.15, -0.1) is 0 Å². The van der Waals surface area contributed by atoms with Gasteiger partial charge >= 0.3 is 0 Å². The van der Waals surface area contributed by atoms with Gasteiger partial charge in [-0.25, -0.2) is 0 Å². The Balaban J connectivity index is 1.53. The summed E-state index contributed by atoms with van der Waals surface area (Å²) in [7, 11) is 1.86. The van der Waals surface area contributed by atoms with Crippen LogP contribution in [-0.2, 0) is 6.42 Å². The number of nitrogens with zero attached hydrogens (tertiary/aromatic N) is 1. The molecule has 1 heterocycles. The van der Waals surface area contributed by atoms with E-state index >= 15 is 0 Å². The standard InChI is InChI=1S/C21H28N2O/c1-22-16-21(24)19-7-9-20(10-8-19)23-13-11-18(12-14-23)15-17-5-3-2-4-6-17/h2-10,18,21-22,24H,11-16H2,1H3. The minimum absolute atomic E-state index is 0.430. The Morgan fingerprint density at radius 1 is 1.04 bits per heavy atom. The zero-order chi connectivity index (χ0) is 16.8. The summed E-state index contributed by atoms with van der Waals surface area (Å²) in [6.07, 6.45) is 3.27. The molecule has 2 N–H and O–H groups in total. The number of likely N-dealkylation sites (N-methyl/N-ethyl adjacent to an activating group) is 1. The minimum Gasteiger partial charge on any atom is -0.387 e. The largest absolute Gasteiger partial charge is 0.387 e. The van der Waals surface area contributed by atoms with Gasteiger partial charge < -0.3 is 15.3 Å². The lowest BCUT2D eigenvalue weighted by molar-refractivity contribution is 0.178. The highest BCUT2D eigenvalue weighted by atomic mass is 16.3. The van der Waals surface area contributed by atoms with Crippen molar-refractivity contribution in [1.29, 1.82) is 0 Å². The maximum atomic E-state index is 10.0. The highest BCUT2D eigenvalue weighted by Gasteiger charge is 2.20. The SMILES string of the molecule is CNCC(O)c1ccc(N2CCC(Cc3ccccc3)CC2)cc1. The Morgan fingerprint density at radius 3 is 2.33 bits per heavy atom. The molecule has 0 bridgehead atoms. The second kappa shape index (κ2) is 8.32. The van der Waals surface area contributed by atoms with E-state index in [0.717, 1.165) is 24.6 Å². The molecule has 0 saturated carbocycles. The van der Waals surface area contributed by atoms with Crippen molar-refractivity contribution in [3.05, 3.63) is 65.7 Å². The third kappa shape index (κ3) is 4.37. The monoisotopic (exact) mass is 324 g/mol. The molecule has 2 aromatic rings. The van der Waals surface area contributed by atoms with Crippen molar-refractivity contribution in [2.24, 2.45) is 5.92 Å². The first-order valence-corrected chi connectivity index (χ1v) is 8.98. The molecule has 3 rings (SSSR count). The Morgan fingerprint density at radius 2 is 1.71 bits per heavy atom. The highest BCUT2D eigenvalue weighted by Crippen LogP contribution is 2.26. The Bertz CT molecular complexity index is 603. The maximum Gasteiger partial charge on any atom is 0.0914 e. The molecule has 3 heteroatoms. The van der Waals surface area contributed by atoms with Gasteiger partial charge in [-0.1, -0.05) is 42.5 Å². The van der Waals surface area contributed by atoms with Crippen LogP contribution in [0.25, 0.3) is 0 Å². The first-order valence-electron chi connectivity index (χ1n) is 8.98. The summed E-state index contributed by atoms with van der Waals surface area (Å²) < 4.78 is 0. The quantitative estimate of drug-likeness (QED) is 0.855. The Hall–Kier alpha value is -1.84. The zero-order valence-electron chi connectivity index (χ0n) is 14.5. The van der Waals surface area contributed by atoms with Crippen LogP contribution < -0.4 is 10.2 Å². The van der Waals surface area contributed by atoms with Crippen LogP contribution in [0, 0.1) is 5.92 Å². The molecular formula is C21H28N2O. The Kier molecular flexibility index (Phi) is 5.89. The van der Waals surface area contributed by atoms with Crippen LogP contribution >= 0.6 is 0 Å². The molecule has 3 nitrogen and oxygen atoms in total. The number of hydrogen-bond acceptors (Lipinski definition) is 3. The lowest BCUT2D eigenvalue weighted by atomic mass is 9.90. The fraction of sp³-hybridized carbons (Fsp3) is 0.429. The highest BCUT2D eigenvalue weighted by molar-refractivity contribution is 5.48. The van der Waals surface area contributed by atoms with Crippen molar-refractivity contribution in [3.8, 4) is 0 Å². The van der Waals surface area contributed by atoms with Crippen molar-refractivity contribution in [2.75, 3.05) is 31.6 Å². The number of rotatable bonds is 6. The molecule has 0 radical (unpaired) electrons. The van der Waals surface area contributed by atoms with E-state index in [1.54, 1.807) is 0 Å². The fourth-order valence-corrected chi connectivity index (χ4v) is 3.56. The van der Waals surface area contributed by atoms with Crippen LogP contribution in [-0.4, -0.2) is 31.8 Å². The van der Waals surface area contributed by atoms with Gasteiger partial charge in [-0.3, -0.25) is 0 Å². The molecule has 1 aliphatic rings. The van der Waals surface area contributed by atoms with Crippen LogP contribution in [0.3, 0.4) is 0 Å². The molecule has 1 fully saturated rings. The first kappa shape index (κ1) is 17.0. The molecule has 128 valence electrons. The van der Waals surface area contributed by atoms with E-state index in [2.05, 4.69) is 52.7 Å². The zero-order valence-corrected chi connectivity index (χ0v) is 14.5. The first-order chi connectivity index (χ1) is 11.8. The number of hydrogen-bond donors (Lipinski definition) is 2. The summed E-state index contributed by atoms with van der Waals surface area (Å²) in [5.74, 6) is 0.792. The van der Waals surface area contributed by atoms with E-state index in [-0.39, 0.29) is 0 Å². The second-order valence-electron chi connectivity index (χ2n) is 6.79. The average Bonchev–Trinajstić information content (AvgIpc) is 2.64. The van der Waals surface area contributed by atoms with Gasteiger partial charge in [0, 0.05) is 25.3 Å². The summed E-state index contributed by atoms with van der Waals surface area (Å²) >= 11 is 0. The van der Waals surface area contributed by atoms with Crippen LogP contribution in [0.5, 0.6) is 0 Å². The van der Waals surface area contributed by atoms with Gasteiger partial charge in [0.1, 0.15) is 0 Å². The molecule has 1 unspecified atom stereocenters. The summed E-state index contributed by atoms with van der Waals surface area (Å²) in [4.78, 5) is 2.47. The average molecular weight is 324 g/mol. The molecule has 1 aliphatic heterocycles. The fourth-order valence-electron chi connectivity index (χ4n) is 3.56. The molecule has 1 atom stereocenters. The van der Waals surface area contributed by atoms with Gasteiger partial charge in [0.05, 0.1) is 6.10 Å². The minimum atomic E-state index is -0.430. The molecule has 0 aliphatic carbocycles. The molecule has 2 aromatic carbocycles. The number of anilines is 1. The van der Waals surface area contributed by atoms with E-state index in [1.165, 1.54) is 30.5 Å². The number of aliphatic hydroxyl groups excluding tert-OH is 1. The van der Waals surface area contributed by atoms with Crippen LogP contribution in [0.15, 0.2) is 54.6 Å². The van der Waals surface area contributed by atoms with Crippen LogP contribution in [0.4, 0.5) is 5.69 Å². The smallest absolute Gasteiger partial charge is 0.0914 e. The van der Waals surface area contributed by atoms with Crippen molar-refractivity contribution < 1.29 is 5.11 Å². The van der Waals surface area contributed by atoms with Gasteiger partial charge in [0.2, 0.25) is 0 Å². The molecule has 0 aromatic heterocycles. The van der Waals surface area contributed by atoms with Crippen molar-refractivity contribution in [1.82, 2.24) is 5.32 Å². The van der Waals surface area contributed by atoms with Crippen LogP contribution in [0.2, 0.25) is 0 Å². The molecular weight excluding hydrogens is 296 g/mol. The maximum absolute atomic E-state index is 10.0. The summed E-state index contributed by atoms with van der Waals surface area (Å²) in [5.41, 5.74) is 3.71. The third-order valence-corrected chi connectivity index (χ3v) is 5.02. The van der Waals surface area contributed by atoms with Gasteiger partial charge in [-0.2, -0.15) is 0 Å². The lowest BCUT2D eigenvalue weighted by Crippen LogP contribution is -2.34. The third-order valence-electron chi connectivity index (χ3n) is 5.02. The molecule has 0 amide bonds. The van der Waals surface area contributed by atoms with Gasteiger partial charge in [-0.05, 0) is 55.5 Å². The van der Waals surface area contributed by atoms with E-state index in [0.29, 0.717) is 6.54 Å². The Labute approximate surface area is 145 Å². The summed E-state index contributed by atoms with van der Waals surface area (Å²) in [6.45, 7) is 2.83. The van der Waals surface area contributed by atoms with Gasteiger partial charge in [0.25, 0.3) is 0 Å². The lowest BCUT2D eigenvalue weighted by Gasteiger charge is -2.34. The summed E-state index contributed by atoms with van der Waals surface area (Å²) in [6, 6.07) is 19.2. The number of piperidine rings is 1. The number of nitrogens with one attached hydrogen (secondary N) is 1. The second-order valence-corrected chi connectivity index (χ2v) is 6.79. The number of aliphatic hydroxyl groups is 1. The molecule has 1 saturated heterocycles. The van der Waals surface area contributed by atoms with Crippen molar-refractivity contribution in [2.45, 2.75) is 25.4 Å². The summed E-state index contributed by atoms with van der Waals surface area (Å²) in [5, 5.41) is 13.0. The van der Waals surface area contributed by atoms with E-state index in [1.807, 2.05) is 19.2 Å². The normalized spacial score (nSPS) is 17.0. The topological polar surface area (TPSA) is 35.5 Å². The van der Waals surface area contributed by atoms with Crippen molar-refractivity contribution >= 4 is 5.69 Å². The predicted octanol–water partition coefficient (Wildman–Crippen LogP) is 3.40. The molecule has 0 spiro atoms. The van der Waals surface area contributed by atoms with E-state index < -0.39 is 6.10 Å². The van der Waals surface area contributed by atoms with E-state index in [9.17, 15) is 5.11 Å². The predicted molar refractivity (Wildman–Crippen MR) is 100 cm³/mol. The van der Waals surface area contributed by atoms with Crippen molar-refractivity contribution in [3.63, 3.8) is 0 Å². The van der Waals surface area contributed by atoms with Gasteiger partial charge in [0.15, 0.2) is 0 Å².